The number of nitrogens with two attached hydrogens (primary N) is 1. The predicted octanol–water partition coefficient (Wildman–Crippen LogP) is 4.72. The van der Waals surface area contributed by atoms with E-state index in [1.54, 1.807) is 0 Å². The Morgan fingerprint density at radius 2 is 1.88 bits per heavy atom. The van der Waals surface area contributed by atoms with E-state index < -0.39 is 59.4 Å². The van der Waals surface area contributed by atoms with Crippen LogP contribution in [-0.4, -0.2) is 52.0 Å². The molecule has 0 aliphatic carbocycles. The number of aromatic amines is 1. The van der Waals surface area contributed by atoms with E-state index in [0.29, 0.717) is 11.5 Å². The van der Waals surface area contributed by atoms with Gasteiger partial charge in [0.25, 0.3) is 11.5 Å². The first kappa shape index (κ1) is 29.1. The number of likely N-dealkylation sites (tertiary alicyclic amines) is 1. The minimum Gasteiger partial charge on any atom is -0.456 e. The maximum absolute atomic E-state index is 14.9. The zero-order valence-electron chi connectivity index (χ0n) is 21.0. The number of nitrogens with zero attached hydrogens (tertiary/aromatic N) is 2. The number of amides is 1. The van der Waals surface area contributed by atoms with Crippen molar-refractivity contribution in [3.63, 3.8) is 0 Å². The number of carbonyl (C=O) groups is 1. The molecule has 3 atom stereocenters. The van der Waals surface area contributed by atoms with Crippen molar-refractivity contribution in [2.75, 3.05) is 18.4 Å². The maximum Gasteiger partial charge on any atom is 0.407 e. The summed E-state index contributed by atoms with van der Waals surface area (Å²) in [6.07, 6.45) is -3.33. The molecular weight excluding hydrogens is 544 g/mol. The highest BCUT2D eigenvalue weighted by atomic mass is 19.4. The molecule has 2 aromatic heterocycles. The second-order valence-electron chi connectivity index (χ2n) is 9.40. The van der Waals surface area contributed by atoms with Crippen LogP contribution in [0.5, 0.6) is 11.5 Å². The fourth-order valence-electron chi connectivity index (χ4n) is 4.30. The van der Waals surface area contributed by atoms with Gasteiger partial charge in [0.05, 0.1) is 18.2 Å². The molecule has 0 spiro atoms. The molecule has 0 saturated carbocycles. The summed E-state index contributed by atoms with van der Waals surface area (Å²) in [6, 6.07) is 5.51. The lowest BCUT2D eigenvalue weighted by atomic mass is 9.86. The molecule has 214 valence electrons. The van der Waals surface area contributed by atoms with E-state index in [2.05, 4.69) is 15.3 Å². The fraction of sp³-hybridized carbons (Fsp3) is 0.346. The van der Waals surface area contributed by atoms with Gasteiger partial charge in [0, 0.05) is 31.3 Å². The van der Waals surface area contributed by atoms with Crippen LogP contribution in [0.3, 0.4) is 0 Å². The van der Waals surface area contributed by atoms with Gasteiger partial charge in [-0.05, 0) is 55.0 Å². The highest BCUT2D eigenvalue weighted by molar-refractivity contribution is 5.93. The van der Waals surface area contributed by atoms with Crippen LogP contribution in [0.4, 0.5) is 32.2 Å². The summed E-state index contributed by atoms with van der Waals surface area (Å²) in [4.78, 5) is 32.5. The van der Waals surface area contributed by atoms with Crippen molar-refractivity contribution in [2.24, 2.45) is 5.73 Å². The molecule has 3 heterocycles. The van der Waals surface area contributed by atoms with Gasteiger partial charge in [0.2, 0.25) is 5.91 Å². The number of rotatable bonds is 7. The van der Waals surface area contributed by atoms with Crippen LogP contribution >= 0.6 is 0 Å². The third-order valence-electron chi connectivity index (χ3n) is 6.67. The number of nitrogens with one attached hydrogen (secondary N) is 2. The normalized spacial score (nSPS) is 19.1. The number of hydrogen-bond acceptors (Lipinski definition) is 6. The summed E-state index contributed by atoms with van der Waals surface area (Å²) in [5.74, 6) is -5.03. The van der Waals surface area contributed by atoms with E-state index in [-0.39, 0.29) is 24.5 Å². The molecule has 3 aromatic rings. The molecule has 1 aromatic carbocycles. The van der Waals surface area contributed by atoms with Gasteiger partial charge in [0.1, 0.15) is 29.2 Å². The predicted molar refractivity (Wildman–Crippen MR) is 133 cm³/mol. The fourth-order valence-corrected chi connectivity index (χ4v) is 4.30. The number of carbonyl (C=O) groups excluding carboxylic acids is 1. The third-order valence-corrected chi connectivity index (χ3v) is 6.67. The monoisotopic (exact) mass is 569 g/mol. The molecule has 0 bridgehead atoms. The molecule has 1 aliphatic heterocycles. The number of piperidine rings is 1. The van der Waals surface area contributed by atoms with Crippen molar-refractivity contribution in [1.82, 2.24) is 14.9 Å². The van der Waals surface area contributed by atoms with Crippen LogP contribution in [0.1, 0.15) is 36.4 Å². The Hall–Kier alpha value is -3.91. The SMILES string of the molecule is CC(C(=O)Nc1ccc(Oc2ccc(F)cc2)cn1)N1CCC(F)(F)[C@@H](c2c[nH]c(=O)c([C@@H](N)C(F)(F)F)c2)C1. The first-order valence-corrected chi connectivity index (χ1v) is 12.1. The van der Waals surface area contributed by atoms with Crippen LogP contribution in [0.15, 0.2) is 59.7 Å². The minimum atomic E-state index is -4.95. The Labute approximate surface area is 224 Å². The van der Waals surface area contributed by atoms with Crippen LogP contribution in [0.2, 0.25) is 0 Å². The third kappa shape index (κ3) is 6.62. The molecule has 1 unspecified atom stereocenters. The van der Waals surface area contributed by atoms with Crippen molar-refractivity contribution >= 4 is 11.7 Å². The van der Waals surface area contributed by atoms with E-state index in [1.165, 1.54) is 54.4 Å². The molecule has 0 radical (unpaired) electrons. The van der Waals surface area contributed by atoms with Gasteiger partial charge >= 0.3 is 6.18 Å². The Morgan fingerprint density at radius 1 is 1.20 bits per heavy atom. The van der Waals surface area contributed by atoms with Crippen LogP contribution in [0.25, 0.3) is 0 Å². The summed E-state index contributed by atoms with van der Waals surface area (Å²) < 4.78 is 87.7. The number of H-pyrrole nitrogens is 1. The Bertz CT molecular complexity index is 1400. The number of pyridine rings is 2. The van der Waals surface area contributed by atoms with Crippen LogP contribution in [0, 0.1) is 5.82 Å². The molecule has 1 amide bonds. The summed E-state index contributed by atoms with van der Waals surface area (Å²) >= 11 is 0. The maximum atomic E-state index is 14.9. The van der Waals surface area contributed by atoms with E-state index in [0.717, 1.165) is 12.3 Å². The average Bonchev–Trinajstić information content (AvgIpc) is 2.90. The number of hydrogen-bond donors (Lipinski definition) is 3. The number of alkyl halides is 5. The van der Waals surface area contributed by atoms with Gasteiger partial charge < -0.3 is 20.8 Å². The lowest BCUT2D eigenvalue weighted by Crippen LogP contribution is -2.52. The first-order chi connectivity index (χ1) is 18.7. The van der Waals surface area contributed by atoms with Gasteiger partial charge in [-0.15, -0.1) is 0 Å². The number of ether oxygens (including phenoxy) is 1. The lowest BCUT2D eigenvalue weighted by molar-refractivity contribution is -0.149. The summed E-state index contributed by atoms with van der Waals surface area (Å²) in [5, 5.41) is 2.59. The van der Waals surface area contributed by atoms with Crippen molar-refractivity contribution < 1.29 is 35.9 Å². The standard InChI is InChI=1S/C26H25F6N5O3/c1-14(23(38)36-21-7-6-18(12-34-21)40-17-4-2-16(27)3-5-17)37-9-8-25(28,29)20(13-37)15-10-19(24(39)35-11-15)22(33)26(30,31)32/h2-7,10-12,14,20,22H,8-9,13,33H2,1H3,(H,35,39)(H,34,36,38)/t14?,20-,22-/m1/s1. The van der Waals surface area contributed by atoms with E-state index in [4.69, 9.17) is 10.5 Å². The second-order valence-corrected chi connectivity index (χ2v) is 9.40. The second kappa shape index (κ2) is 11.3. The largest absolute Gasteiger partial charge is 0.456 e. The molecule has 4 N–H and O–H groups in total. The van der Waals surface area contributed by atoms with Gasteiger partial charge in [-0.2, -0.15) is 13.2 Å². The molecule has 40 heavy (non-hydrogen) atoms. The topological polar surface area (TPSA) is 113 Å². The van der Waals surface area contributed by atoms with Crippen LogP contribution in [-0.2, 0) is 4.79 Å². The summed E-state index contributed by atoms with van der Waals surface area (Å²) in [5.41, 5.74) is 2.93. The van der Waals surface area contributed by atoms with E-state index in [9.17, 15) is 35.9 Å². The summed E-state index contributed by atoms with van der Waals surface area (Å²) in [7, 11) is 0. The highest BCUT2D eigenvalue weighted by Crippen LogP contribution is 2.41. The molecule has 8 nitrogen and oxygen atoms in total. The number of benzene rings is 1. The van der Waals surface area contributed by atoms with Gasteiger partial charge in [-0.1, -0.05) is 0 Å². The van der Waals surface area contributed by atoms with Gasteiger partial charge in [-0.3, -0.25) is 14.5 Å². The Kier molecular flexibility index (Phi) is 8.21. The van der Waals surface area contributed by atoms with Crippen molar-refractivity contribution in [3.8, 4) is 11.5 Å². The molecule has 1 fully saturated rings. The van der Waals surface area contributed by atoms with Crippen molar-refractivity contribution in [3.05, 3.63) is 82.2 Å². The Morgan fingerprint density at radius 3 is 2.50 bits per heavy atom. The number of aromatic nitrogens is 2. The van der Waals surface area contributed by atoms with Crippen molar-refractivity contribution in [1.29, 1.82) is 0 Å². The molecule has 1 saturated heterocycles. The van der Waals surface area contributed by atoms with E-state index in [1.807, 2.05) is 0 Å². The van der Waals surface area contributed by atoms with Crippen molar-refractivity contribution in [2.45, 2.75) is 43.4 Å². The van der Waals surface area contributed by atoms with E-state index >= 15 is 0 Å². The number of halogens is 6. The average molecular weight is 570 g/mol. The molecule has 1 aliphatic rings. The molecular formula is C26H25F6N5O3. The quantitative estimate of drug-likeness (QED) is 0.355. The minimum absolute atomic E-state index is 0.158. The first-order valence-electron chi connectivity index (χ1n) is 12.1. The van der Waals surface area contributed by atoms with Gasteiger partial charge in [-0.25, -0.2) is 18.2 Å². The smallest absolute Gasteiger partial charge is 0.407 e. The van der Waals surface area contributed by atoms with Crippen LogP contribution < -0.4 is 21.3 Å². The zero-order chi connectivity index (χ0) is 29.2. The summed E-state index contributed by atoms with van der Waals surface area (Å²) in [6.45, 7) is 0.972. The Balaban J connectivity index is 1.44. The highest BCUT2D eigenvalue weighted by Gasteiger charge is 2.47. The zero-order valence-corrected chi connectivity index (χ0v) is 21.0. The lowest BCUT2D eigenvalue weighted by Gasteiger charge is -2.40. The molecule has 4 rings (SSSR count). The van der Waals surface area contributed by atoms with Gasteiger partial charge in [0.15, 0.2) is 0 Å². The molecule has 14 heteroatoms. The number of anilines is 1.